The smallest absolute Gasteiger partial charge is 0.261 e. The monoisotopic (exact) mass is 500 g/mol. The van der Waals surface area contributed by atoms with Crippen molar-refractivity contribution >= 4 is 11.8 Å². The summed E-state index contributed by atoms with van der Waals surface area (Å²) in [6.07, 6.45) is 0.406. The molecule has 0 fully saturated rings. The Morgan fingerprint density at radius 2 is 1.54 bits per heavy atom. The molecule has 196 valence electrons. The number of benzene rings is 3. The lowest BCUT2D eigenvalue weighted by Crippen LogP contribution is -2.55. The Morgan fingerprint density at radius 1 is 0.892 bits per heavy atom. The van der Waals surface area contributed by atoms with Gasteiger partial charge in [0.2, 0.25) is 5.91 Å². The molecule has 0 aliphatic rings. The molecule has 0 aliphatic carbocycles. The van der Waals surface area contributed by atoms with Crippen molar-refractivity contribution in [3.8, 4) is 5.75 Å². The number of carbonyl (C=O) groups is 2. The first kappa shape index (κ1) is 28.0. The van der Waals surface area contributed by atoms with E-state index < -0.39 is 11.6 Å². The van der Waals surface area contributed by atoms with Gasteiger partial charge in [-0.3, -0.25) is 9.59 Å². The molecule has 5 heteroatoms. The largest absolute Gasteiger partial charge is 0.484 e. The summed E-state index contributed by atoms with van der Waals surface area (Å²) in [4.78, 5) is 29.0. The number of aryl methyl sites for hydroxylation is 1. The molecule has 1 atom stereocenters. The first-order chi connectivity index (χ1) is 17.5. The molecule has 0 radical (unpaired) electrons. The fourth-order valence-corrected chi connectivity index (χ4v) is 4.19. The summed E-state index contributed by atoms with van der Waals surface area (Å²) in [6.45, 7) is 12.3. The predicted molar refractivity (Wildman–Crippen MR) is 150 cm³/mol. The van der Waals surface area contributed by atoms with E-state index in [2.05, 4.69) is 19.2 Å². The number of hydrogen-bond donors (Lipinski definition) is 1. The van der Waals surface area contributed by atoms with E-state index in [4.69, 9.17) is 4.74 Å². The van der Waals surface area contributed by atoms with E-state index in [-0.39, 0.29) is 18.4 Å². The molecular weight excluding hydrogens is 460 g/mol. The molecule has 0 bridgehead atoms. The summed E-state index contributed by atoms with van der Waals surface area (Å²) in [5.74, 6) is 0.630. The third-order valence-corrected chi connectivity index (χ3v) is 6.11. The van der Waals surface area contributed by atoms with Gasteiger partial charge in [-0.25, -0.2) is 0 Å². The minimum Gasteiger partial charge on any atom is -0.484 e. The third-order valence-electron chi connectivity index (χ3n) is 6.11. The molecule has 0 aromatic heterocycles. The number of rotatable bonds is 10. The molecule has 3 aromatic rings. The van der Waals surface area contributed by atoms with E-state index in [1.54, 1.807) is 4.90 Å². The summed E-state index contributed by atoms with van der Waals surface area (Å²) in [5, 5.41) is 3.09. The second kappa shape index (κ2) is 12.6. The lowest BCUT2D eigenvalue weighted by Gasteiger charge is -2.33. The van der Waals surface area contributed by atoms with Gasteiger partial charge in [0.1, 0.15) is 11.8 Å². The Bertz CT molecular complexity index is 1160. The van der Waals surface area contributed by atoms with Crippen LogP contribution in [-0.4, -0.2) is 34.9 Å². The SMILES string of the molecule is Cc1cccc(CN(C(=O)COc2ccc(C(C)C)cc2)[C@@H](Cc2ccccc2)C(=O)NC(C)(C)C)c1. The molecule has 1 N–H and O–H groups in total. The molecule has 0 spiro atoms. The van der Waals surface area contributed by atoms with E-state index in [0.29, 0.717) is 24.6 Å². The summed E-state index contributed by atoms with van der Waals surface area (Å²) < 4.78 is 5.90. The van der Waals surface area contributed by atoms with Gasteiger partial charge in [-0.05, 0) is 62.4 Å². The highest BCUT2D eigenvalue weighted by atomic mass is 16.5. The Balaban J connectivity index is 1.90. The standard InChI is InChI=1S/C32H40N2O3/c1-23(2)27-15-17-28(18-16-27)37-22-30(35)34(21-26-14-10-11-24(3)19-26)29(31(36)33-32(4,5)6)20-25-12-8-7-9-13-25/h7-19,23,29H,20-22H2,1-6H3,(H,33,36)/t29-/m0/s1. The minimum atomic E-state index is -0.693. The van der Waals surface area contributed by atoms with Gasteiger partial charge in [0, 0.05) is 18.5 Å². The van der Waals surface area contributed by atoms with Gasteiger partial charge < -0.3 is 15.0 Å². The normalized spacial score (nSPS) is 12.2. The van der Waals surface area contributed by atoms with Crippen LogP contribution >= 0.6 is 0 Å². The fourth-order valence-electron chi connectivity index (χ4n) is 4.19. The lowest BCUT2D eigenvalue weighted by atomic mass is 10.0. The highest BCUT2D eigenvalue weighted by molar-refractivity contribution is 5.89. The average Bonchev–Trinajstić information content (AvgIpc) is 2.84. The zero-order valence-corrected chi connectivity index (χ0v) is 23.0. The van der Waals surface area contributed by atoms with Crippen molar-refractivity contribution in [2.24, 2.45) is 0 Å². The molecule has 0 aliphatic heterocycles. The van der Waals surface area contributed by atoms with Crippen LogP contribution in [0.25, 0.3) is 0 Å². The molecule has 2 amide bonds. The zero-order chi connectivity index (χ0) is 27.0. The Morgan fingerprint density at radius 3 is 2.14 bits per heavy atom. The number of nitrogens with one attached hydrogen (secondary N) is 1. The molecule has 0 saturated carbocycles. The average molecular weight is 501 g/mol. The molecule has 0 saturated heterocycles. The number of amides is 2. The van der Waals surface area contributed by atoms with E-state index >= 15 is 0 Å². The predicted octanol–water partition coefficient (Wildman–Crippen LogP) is 6.05. The van der Waals surface area contributed by atoms with Gasteiger partial charge in [0.15, 0.2) is 6.61 Å². The highest BCUT2D eigenvalue weighted by Crippen LogP contribution is 2.20. The molecule has 0 unspecified atom stereocenters. The molecule has 0 heterocycles. The second-order valence-corrected chi connectivity index (χ2v) is 11.0. The maximum absolute atomic E-state index is 13.7. The second-order valence-electron chi connectivity index (χ2n) is 11.0. The highest BCUT2D eigenvalue weighted by Gasteiger charge is 2.32. The fraction of sp³-hybridized carbons (Fsp3) is 0.375. The van der Waals surface area contributed by atoms with Crippen LogP contribution in [0.5, 0.6) is 5.75 Å². The van der Waals surface area contributed by atoms with Gasteiger partial charge in [-0.15, -0.1) is 0 Å². The molecular formula is C32H40N2O3. The van der Waals surface area contributed by atoms with Crippen LogP contribution in [-0.2, 0) is 22.6 Å². The van der Waals surface area contributed by atoms with Crippen molar-refractivity contribution in [1.29, 1.82) is 0 Å². The Labute approximate surface area is 221 Å². The summed E-state index contributed by atoms with van der Waals surface area (Å²) in [6, 6.07) is 25.0. The Kier molecular flexibility index (Phi) is 9.51. The number of nitrogens with zero attached hydrogens (tertiary/aromatic N) is 1. The van der Waals surface area contributed by atoms with Crippen LogP contribution < -0.4 is 10.1 Å². The molecule has 3 aromatic carbocycles. The summed E-state index contributed by atoms with van der Waals surface area (Å²) in [5.41, 5.74) is 3.84. The topological polar surface area (TPSA) is 58.6 Å². The minimum absolute atomic E-state index is 0.152. The zero-order valence-electron chi connectivity index (χ0n) is 23.0. The third kappa shape index (κ3) is 8.78. The van der Waals surface area contributed by atoms with E-state index in [1.807, 2.05) is 107 Å². The number of hydrogen-bond acceptors (Lipinski definition) is 3. The van der Waals surface area contributed by atoms with Crippen molar-refractivity contribution in [2.45, 2.75) is 72.0 Å². The van der Waals surface area contributed by atoms with Gasteiger partial charge in [0.25, 0.3) is 5.91 Å². The lowest BCUT2D eigenvalue weighted by molar-refractivity contribution is -0.143. The van der Waals surface area contributed by atoms with Gasteiger partial charge in [-0.2, -0.15) is 0 Å². The molecule has 37 heavy (non-hydrogen) atoms. The van der Waals surface area contributed by atoms with E-state index in [1.165, 1.54) is 5.56 Å². The van der Waals surface area contributed by atoms with Gasteiger partial charge >= 0.3 is 0 Å². The van der Waals surface area contributed by atoms with Crippen molar-refractivity contribution < 1.29 is 14.3 Å². The van der Waals surface area contributed by atoms with Gasteiger partial charge in [-0.1, -0.05) is 86.1 Å². The number of ether oxygens (including phenoxy) is 1. The van der Waals surface area contributed by atoms with Crippen LogP contribution in [0, 0.1) is 6.92 Å². The van der Waals surface area contributed by atoms with Crippen molar-refractivity contribution in [3.05, 3.63) is 101 Å². The van der Waals surface area contributed by atoms with E-state index in [0.717, 1.165) is 16.7 Å². The van der Waals surface area contributed by atoms with Crippen molar-refractivity contribution in [1.82, 2.24) is 10.2 Å². The van der Waals surface area contributed by atoms with Crippen LogP contribution in [0.1, 0.15) is 62.8 Å². The molecule has 5 nitrogen and oxygen atoms in total. The van der Waals surface area contributed by atoms with Gasteiger partial charge in [0.05, 0.1) is 0 Å². The van der Waals surface area contributed by atoms with E-state index in [9.17, 15) is 9.59 Å². The van der Waals surface area contributed by atoms with Crippen LogP contribution in [0.4, 0.5) is 0 Å². The van der Waals surface area contributed by atoms with Crippen molar-refractivity contribution in [2.75, 3.05) is 6.61 Å². The first-order valence-electron chi connectivity index (χ1n) is 13.0. The maximum atomic E-state index is 13.7. The van der Waals surface area contributed by atoms with Crippen molar-refractivity contribution in [3.63, 3.8) is 0 Å². The number of carbonyl (C=O) groups excluding carboxylic acids is 2. The molecule has 3 rings (SSSR count). The maximum Gasteiger partial charge on any atom is 0.261 e. The van der Waals surface area contributed by atoms with Crippen LogP contribution in [0.3, 0.4) is 0 Å². The Hall–Kier alpha value is -3.60. The summed E-state index contributed by atoms with van der Waals surface area (Å²) in [7, 11) is 0. The first-order valence-corrected chi connectivity index (χ1v) is 13.0. The quantitative estimate of drug-likeness (QED) is 0.369. The van der Waals surface area contributed by atoms with Crippen LogP contribution in [0.2, 0.25) is 0 Å². The van der Waals surface area contributed by atoms with Crippen LogP contribution in [0.15, 0.2) is 78.9 Å². The summed E-state index contributed by atoms with van der Waals surface area (Å²) >= 11 is 0.